The molecule has 2 aliphatic heterocycles. The summed E-state index contributed by atoms with van der Waals surface area (Å²) in [6.45, 7) is 7.31. The molecule has 0 bridgehead atoms. The molecule has 7 nitrogen and oxygen atoms in total. The Morgan fingerprint density at radius 2 is 1.41 bits per heavy atom. The molecule has 4 rings (SSSR count). The van der Waals surface area contributed by atoms with Crippen molar-refractivity contribution in [2.24, 2.45) is 0 Å². The molecule has 2 aromatic rings. The first-order valence-corrected chi connectivity index (χ1v) is 12.5. The molecule has 1 fully saturated rings. The highest BCUT2D eigenvalue weighted by Gasteiger charge is 2.34. The van der Waals surface area contributed by atoms with Crippen LogP contribution in [0.2, 0.25) is 0 Å². The highest BCUT2D eigenvalue weighted by atomic mass is 32.2. The molecule has 0 aromatic heterocycles. The Morgan fingerprint density at radius 3 is 2.00 bits per heavy atom. The number of sulfonamides is 1. The Bertz CT molecular complexity index is 1100. The third kappa shape index (κ3) is 4.35. The molecule has 0 unspecified atom stereocenters. The highest BCUT2D eigenvalue weighted by molar-refractivity contribution is 7.89. The average molecular weight is 456 g/mol. The molecule has 0 aliphatic carbocycles. The first-order valence-electron chi connectivity index (χ1n) is 11.0. The molecule has 170 valence electrons. The lowest BCUT2D eigenvalue weighted by Gasteiger charge is -2.34. The lowest BCUT2D eigenvalue weighted by molar-refractivity contribution is 0.0649. The van der Waals surface area contributed by atoms with Crippen molar-refractivity contribution >= 4 is 21.8 Å². The van der Waals surface area contributed by atoms with Crippen LogP contribution in [0, 0.1) is 13.8 Å². The van der Waals surface area contributed by atoms with Crippen LogP contribution in [0.3, 0.4) is 0 Å². The molecule has 0 atom stereocenters. The van der Waals surface area contributed by atoms with E-state index >= 15 is 0 Å². The summed E-state index contributed by atoms with van der Waals surface area (Å²) in [4.78, 5) is 28.8. The molecule has 1 saturated heterocycles. The number of imide groups is 1. The number of hydrogen-bond acceptors (Lipinski definition) is 5. The van der Waals surface area contributed by atoms with Gasteiger partial charge in [0.05, 0.1) is 16.0 Å². The topological polar surface area (TPSA) is 78.0 Å². The zero-order valence-electron chi connectivity index (χ0n) is 18.6. The minimum absolute atomic E-state index is 0.212. The van der Waals surface area contributed by atoms with Gasteiger partial charge in [-0.25, -0.2) is 8.42 Å². The van der Waals surface area contributed by atoms with Crippen LogP contribution < -0.4 is 0 Å². The fourth-order valence-electron chi connectivity index (χ4n) is 4.47. The Kier molecular flexibility index (Phi) is 6.46. The first kappa shape index (κ1) is 22.6. The molecule has 2 aliphatic rings. The van der Waals surface area contributed by atoms with Crippen LogP contribution in [0.1, 0.15) is 44.7 Å². The van der Waals surface area contributed by atoms with E-state index in [1.807, 2.05) is 26.0 Å². The number of carbonyl (C=O) groups excluding carboxylic acids is 2. The smallest absolute Gasteiger partial charge is 0.261 e. The third-order valence-electron chi connectivity index (χ3n) is 6.26. The van der Waals surface area contributed by atoms with Gasteiger partial charge in [0, 0.05) is 32.7 Å². The second kappa shape index (κ2) is 9.13. The molecule has 0 spiro atoms. The zero-order valence-corrected chi connectivity index (χ0v) is 19.4. The van der Waals surface area contributed by atoms with Crippen molar-refractivity contribution in [1.82, 2.24) is 14.1 Å². The second-order valence-corrected chi connectivity index (χ2v) is 10.4. The van der Waals surface area contributed by atoms with Crippen LogP contribution in [0.5, 0.6) is 0 Å². The van der Waals surface area contributed by atoms with Gasteiger partial charge < -0.3 is 4.90 Å². The van der Waals surface area contributed by atoms with Gasteiger partial charge in [0.25, 0.3) is 11.8 Å². The third-order valence-corrected chi connectivity index (χ3v) is 8.32. The SMILES string of the molecule is Cc1ccc(S(=O)(=O)N2CCN(CCCCN3C(=O)c4ccccc4C3=O)CC2)c(C)c1. The van der Waals surface area contributed by atoms with Crippen LogP contribution >= 0.6 is 0 Å². The molecule has 32 heavy (non-hydrogen) atoms. The number of benzene rings is 2. The van der Waals surface area contributed by atoms with Crippen molar-refractivity contribution in [2.45, 2.75) is 31.6 Å². The fraction of sp³-hybridized carbons (Fsp3) is 0.417. The van der Waals surface area contributed by atoms with Crippen LogP contribution in [-0.2, 0) is 10.0 Å². The van der Waals surface area contributed by atoms with Gasteiger partial charge >= 0.3 is 0 Å². The molecule has 0 radical (unpaired) electrons. The maximum Gasteiger partial charge on any atom is 0.261 e. The number of aryl methyl sites for hydroxylation is 2. The van der Waals surface area contributed by atoms with E-state index < -0.39 is 10.0 Å². The van der Waals surface area contributed by atoms with Crippen LogP contribution in [0.15, 0.2) is 47.4 Å². The summed E-state index contributed by atoms with van der Waals surface area (Å²) in [6.07, 6.45) is 1.57. The number of hydrogen-bond donors (Lipinski definition) is 0. The van der Waals surface area contributed by atoms with Crippen molar-refractivity contribution in [1.29, 1.82) is 0 Å². The summed E-state index contributed by atoms with van der Waals surface area (Å²) in [7, 11) is -3.48. The van der Waals surface area contributed by atoms with Crippen molar-refractivity contribution in [2.75, 3.05) is 39.3 Å². The predicted octanol–water partition coefficient (Wildman–Crippen LogP) is 2.69. The molecular formula is C24H29N3O4S. The van der Waals surface area contributed by atoms with E-state index in [-0.39, 0.29) is 11.8 Å². The van der Waals surface area contributed by atoms with Gasteiger partial charge in [0.2, 0.25) is 10.0 Å². The molecule has 2 heterocycles. The maximum absolute atomic E-state index is 13.0. The van der Waals surface area contributed by atoms with E-state index in [4.69, 9.17) is 0 Å². The number of unbranched alkanes of at least 4 members (excludes halogenated alkanes) is 1. The van der Waals surface area contributed by atoms with E-state index in [0.717, 1.165) is 30.5 Å². The normalized spacial score (nSPS) is 17.8. The molecular weight excluding hydrogens is 426 g/mol. The van der Waals surface area contributed by atoms with Gasteiger partial charge in [0.15, 0.2) is 0 Å². The van der Waals surface area contributed by atoms with E-state index in [1.54, 1.807) is 34.6 Å². The van der Waals surface area contributed by atoms with Gasteiger partial charge in [-0.3, -0.25) is 14.5 Å². The van der Waals surface area contributed by atoms with Crippen LogP contribution in [-0.4, -0.2) is 73.6 Å². The Hall–Kier alpha value is -2.55. The Labute approximate surface area is 189 Å². The fourth-order valence-corrected chi connectivity index (χ4v) is 6.10. The largest absolute Gasteiger partial charge is 0.301 e. The number of fused-ring (bicyclic) bond motifs is 1. The molecule has 2 amide bonds. The van der Waals surface area contributed by atoms with Gasteiger partial charge in [0.1, 0.15) is 0 Å². The Balaban J connectivity index is 1.24. The van der Waals surface area contributed by atoms with E-state index in [0.29, 0.717) is 48.7 Å². The van der Waals surface area contributed by atoms with Crippen molar-refractivity contribution in [3.05, 3.63) is 64.7 Å². The van der Waals surface area contributed by atoms with Gasteiger partial charge in [-0.05, 0) is 57.0 Å². The molecule has 0 N–H and O–H groups in total. The summed E-state index contributed by atoms with van der Waals surface area (Å²) in [5.41, 5.74) is 2.80. The van der Waals surface area contributed by atoms with Crippen LogP contribution in [0.25, 0.3) is 0 Å². The number of nitrogens with zero attached hydrogens (tertiary/aromatic N) is 3. The summed E-state index contributed by atoms with van der Waals surface area (Å²) < 4.78 is 27.6. The number of amides is 2. The number of carbonyl (C=O) groups is 2. The lowest BCUT2D eigenvalue weighted by Crippen LogP contribution is -2.48. The summed E-state index contributed by atoms with van der Waals surface area (Å²) in [5, 5.41) is 0. The van der Waals surface area contributed by atoms with Gasteiger partial charge in [-0.2, -0.15) is 4.31 Å². The van der Waals surface area contributed by atoms with E-state index in [9.17, 15) is 18.0 Å². The summed E-state index contributed by atoms with van der Waals surface area (Å²) in [6, 6.07) is 12.4. The minimum Gasteiger partial charge on any atom is -0.301 e. The summed E-state index contributed by atoms with van der Waals surface area (Å²) >= 11 is 0. The lowest BCUT2D eigenvalue weighted by atomic mass is 10.1. The molecule has 8 heteroatoms. The average Bonchev–Trinajstić information content (AvgIpc) is 3.01. The summed E-state index contributed by atoms with van der Waals surface area (Å²) in [5.74, 6) is -0.424. The van der Waals surface area contributed by atoms with E-state index in [1.165, 1.54) is 4.90 Å². The number of piperazine rings is 1. The molecule has 0 saturated carbocycles. The van der Waals surface area contributed by atoms with Gasteiger partial charge in [-0.1, -0.05) is 29.8 Å². The quantitative estimate of drug-likeness (QED) is 0.474. The maximum atomic E-state index is 13.0. The second-order valence-electron chi connectivity index (χ2n) is 8.53. The standard InChI is InChI=1S/C24H29N3O4S/c1-18-9-10-22(19(2)17-18)32(30,31)26-15-13-25(14-16-26)11-5-6-12-27-23(28)20-7-3-4-8-21(20)24(27)29/h3-4,7-10,17H,5-6,11-16H2,1-2H3. The van der Waals surface area contributed by atoms with Gasteiger partial charge in [-0.15, -0.1) is 0 Å². The minimum atomic E-state index is -3.48. The monoisotopic (exact) mass is 455 g/mol. The predicted molar refractivity (Wildman–Crippen MR) is 122 cm³/mol. The Morgan fingerprint density at radius 1 is 0.812 bits per heavy atom. The van der Waals surface area contributed by atoms with Crippen LogP contribution in [0.4, 0.5) is 0 Å². The number of rotatable bonds is 7. The van der Waals surface area contributed by atoms with E-state index in [2.05, 4.69) is 4.90 Å². The van der Waals surface area contributed by atoms with Crippen molar-refractivity contribution in [3.8, 4) is 0 Å². The van der Waals surface area contributed by atoms with Crippen molar-refractivity contribution < 1.29 is 18.0 Å². The zero-order chi connectivity index (χ0) is 22.9. The molecule has 2 aromatic carbocycles. The van der Waals surface area contributed by atoms with Crippen molar-refractivity contribution in [3.63, 3.8) is 0 Å². The first-order chi connectivity index (χ1) is 15.3. The highest BCUT2D eigenvalue weighted by Crippen LogP contribution is 2.24.